The number of hydrazine groups is 1. The first kappa shape index (κ1) is 17.6. The molecule has 0 aromatic heterocycles. The molecule has 0 fully saturated rings. The Labute approximate surface area is 145 Å². The van der Waals surface area contributed by atoms with Crippen LogP contribution in [0.25, 0.3) is 0 Å². The van der Waals surface area contributed by atoms with Crippen molar-refractivity contribution < 1.29 is 18.8 Å². The average molecular weight is 394 g/mol. The summed E-state index contributed by atoms with van der Waals surface area (Å²) in [5, 5.41) is 2.32. The highest BCUT2D eigenvalue weighted by molar-refractivity contribution is 9.10. The number of benzene rings is 2. The zero-order valence-electron chi connectivity index (χ0n) is 12.3. The fourth-order valence-corrected chi connectivity index (χ4v) is 2.24. The summed E-state index contributed by atoms with van der Waals surface area (Å²) in [4.78, 5) is 35.3. The van der Waals surface area contributed by atoms with E-state index in [4.69, 9.17) is 0 Å². The van der Waals surface area contributed by atoms with Crippen molar-refractivity contribution in [3.05, 3.63) is 69.9 Å². The molecule has 0 bridgehead atoms. The second-order valence-corrected chi connectivity index (χ2v) is 5.53. The molecule has 0 unspecified atom stereocenters. The van der Waals surface area contributed by atoms with Crippen LogP contribution in [0.1, 0.15) is 20.7 Å². The van der Waals surface area contributed by atoms with Crippen LogP contribution in [0.15, 0.2) is 53.0 Å². The van der Waals surface area contributed by atoms with Gasteiger partial charge in [0.05, 0.1) is 12.1 Å². The van der Waals surface area contributed by atoms with Gasteiger partial charge in [-0.2, -0.15) is 0 Å². The molecular formula is C16H13BrFN3O3. The summed E-state index contributed by atoms with van der Waals surface area (Å²) in [5.74, 6) is -2.28. The van der Waals surface area contributed by atoms with E-state index in [0.717, 1.165) is 6.07 Å². The minimum atomic E-state index is -0.625. The molecule has 0 aliphatic heterocycles. The number of hydrogen-bond acceptors (Lipinski definition) is 3. The Morgan fingerprint density at radius 1 is 0.958 bits per heavy atom. The molecule has 0 aliphatic rings. The molecule has 3 N–H and O–H groups in total. The number of carbonyl (C=O) groups is 3. The zero-order chi connectivity index (χ0) is 17.5. The third-order valence-corrected chi connectivity index (χ3v) is 3.62. The van der Waals surface area contributed by atoms with Crippen LogP contribution in [0.2, 0.25) is 0 Å². The minimum absolute atomic E-state index is 0.0973. The summed E-state index contributed by atoms with van der Waals surface area (Å²) in [7, 11) is 0. The van der Waals surface area contributed by atoms with Gasteiger partial charge in [-0.3, -0.25) is 25.2 Å². The molecule has 6 nitrogen and oxygen atoms in total. The van der Waals surface area contributed by atoms with Gasteiger partial charge in [0, 0.05) is 10.0 Å². The lowest BCUT2D eigenvalue weighted by Gasteiger charge is -2.09. The number of halogens is 2. The predicted octanol–water partition coefficient (Wildman–Crippen LogP) is 1.78. The molecular weight excluding hydrogens is 381 g/mol. The lowest BCUT2D eigenvalue weighted by molar-refractivity contribution is -0.120. The summed E-state index contributed by atoms with van der Waals surface area (Å²) >= 11 is 3.22. The Morgan fingerprint density at radius 3 is 2.42 bits per heavy atom. The summed E-state index contributed by atoms with van der Waals surface area (Å²) in [6, 6.07) is 11.8. The van der Waals surface area contributed by atoms with E-state index in [0.29, 0.717) is 10.0 Å². The van der Waals surface area contributed by atoms with Crippen molar-refractivity contribution in [3.8, 4) is 0 Å². The molecule has 0 spiro atoms. The molecule has 2 aromatic rings. The highest BCUT2D eigenvalue weighted by atomic mass is 79.9. The molecule has 0 saturated carbocycles. The van der Waals surface area contributed by atoms with Crippen molar-refractivity contribution in [1.29, 1.82) is 0 Å². The van der Waals surface area contributed by atoms with E-state index in [2.05, 4.69) is 32.1 Å². The molecule has 0 atom stereocenters. The van der Waals surface area contributed by atoms with E-state index in [-0.39, 0.29) is 12.1 Å². The number of amides is 3. The monoisotopic (exact) mass is 393 g/mol. The van der Waals surface area contributed by atoms with Crippen LogP contribution in [0, 0.1) is 5.82 Å². The van der Waals surface area contributed by atoms with Gasteiger partial charge >= 0.3 is 0 Å². The van der Waals surface area contributed by atoms with Gasteiger partial charge in [-0.15, -0.1) is 0 Å². The van der Waals surface area contributed by atoms with Crippen LogP contribution < -0.4 is 16.2 Å². The Bertz CT molecular complexity index is 783. The Morgan fingerprint density at radius 2 is 1.71 bits per heavy atom. The normalized spacial score (nSPS) is 9.92. The van der Waals surface area contributed by atoms with Crippen molar-refractivity contribution >= 4 is 33.7 Å². The van der Waals surface area contributed by atoms with Crippen molar-refractivity contribution in [1.82, 2.24) is 16.2 Å². The summed E-state index contributed by atoms with van der Waals surface area (Å²) < 4.78 is 13.6. The first-order valence-corrected chi connectivity index (χ1v) is 7.64. The van der Waals surface area contributed by atoms with Crippen LogP contribution in [0.3, 0.4) is 0 Å². The van der Waals surface area contributed by atoms with Crippen molar-refractivity contribution in [2.24, 2.45) is 0 Å². The summed E-state index contributed by atoms with van der Waals surface area (Å²) in [6.07, 6.45) is 0. The molecule has 8 heteroatoms. The van der Waals surface area contributed by atoms with Gasteiger partial charge in [-0.05, 0) is 46.3 Å². The quantitative estimate of drug-likeness (QED) is 0.691. The van der Waals surface area contributed by atoms with E-state index in [1.807, 2.05) is 0 Å². The maximum absolute atomic E-state index is 13.0. The smallest absolute Gasteiger partial charge is 0.270 e. The van der Waals surface area contributed by atoms with Crippen LogP contribution in [0.5, 0.6) is 0 Å². The fourth-order valence-electron chi connectivity index (χ4n) is 1.78. The SMILES string of the molecule is O=C(CNC(=O)c1cccc(F)c1)NNC(=O)c1ccccc1Br. The van der Waals surface area contributed by atoms with Crippen LogP contribution in [-0.2, 0) is 4.79 Å². The lowest BCUT2D eigenvalue weighted by Crippen LogP contribution is -2.46. The van der Waals surface area contributed by atoms with Gasteiger partial charge in [-0.1, -0.05) is 18.2 Å². The van der Waals surface area contributed by atoms with Crippen molar-refractivity contribution in [2.75, 3.05) is 6.54 Å². The van der Waals surface area contributed by atoms with Gasteiger partial charge in [0.1, 0.15) is 5.82 Å². The van der Waals surface area contributed by atoms with Crippen LogP contribution in [0.4, 0.5) is 4.39 Å². The summed E-state index contributed by atoms with van der Waals surface area (Å²) in [5.41, 5.74) is 4.86. The molecule has 3 amide bonds. The second kappa shape index (κ2) is 8.21. The Hall–Kier alpha value is -2.74. The average Bonchev–Trinajstić information content (AvgIpc) is 2.58. The van der Waals surface area contributed by atoms with E-state index >= 15 is 0 Å². The molecule has 0 aliphatic carbocycles. The topological polar surface area (TPSA) is 87.3 Å². The van der Waals surface area contributed by atoms with E-state index in [9.17, 15) is 18.8 Å². The molecule has 0 saturated heterocycles. The molecule has 0 radical (unpaired) electrons. The number of nitrogens with one attached hydrogen (secondary N) is 3. The third kappa shape index (κ3) is 4.88. The first-order valence-electron chi connectivity index (χ1n) is 6.85. The highest BCUT2D eigenvalue weighted by Gasteiger charge is 2.11. The first-order chi connectivity index (χ1) is 11.5. The molecule has 2 rings (SSSR count). The second-order valence-electron chi connectivity index (χ2n) is 4.68. The van der Waals surface area contributed by atoms with Crippen LogP contribution in [-0.4, -0.2) is 24.3 Å². The van der Waals surface area contributed by atoms with E-state index < -0.39 is 23.5 Å². The maximum Gasteiger partial charge on any atom is 0.270 e. The predicted molar refractivity (Wildman–Crippen MR) is 88.5 cm³/mol. The van der Waals surface area contributed by atoms with E-state index in [1.165, 1.54) is 18.2 Å². The van der Waals surface area contributed by atoms with Gasteiger partial charge in [0.15, 0.2) is 0 Å². The van der Waals surface area contributed by atoms with Gasteiger partial charge in [0.25, 0.3) is 17.7 Å². The minimum Gasteiger partial charge on any atom is -0.343 e. The molecule has 0 heterocycles. The lowest BCUT2D eigenvalue weighted by atomic mass is 10.2. The molecule has 24 heavy (non-hydrogen) atoms. The summed E-state index contributed by atoms with van der Waals surface area (Å²) in [6.45, 7) is -0.369. The molecule has 2 aromatic carbocycles. The number of rotatable bonds is 4. The van der Waals surface area contributed by atoms with Gasteiger partial charge in [0.2, 0.25) is 0 Å². The van der Waals surface area contributed by atoms with Crippen LogP contribution >= 0.6 is 15.9 Å². The van der Waals surface area contributed by atoms with E-state index in [1.54, 1.807) is 24.3 Å². The molecule has 124 valence electrons. The standard InChI is InChI=1S/C16H13BrFN3O3/c17-13-7-2-1-6-12(13)16(24)21-20-14(22)9-19-15(23)10-4-3-5-11(18)8-10/h1-8H,9H2,(H,19,23)(H,20,22)(H,21,24). The third-order valence-electron chi connectivity index (χ3n) is 2.93. The number of hydrogen-bond donors (Lipinski definition) is 3. The van der Waals surface area contributed by atoms with Crippen molar-refractivity contribution in [3.63, 3.8) is 0 Å². The zero-order valence-corrected chi connectivity index (χ0v) is 13.9. The number of carbonyl (C=O) groups excluding carboxylic acids is 3. The fraction of sp³-hybridized carbons (Fsp3) is 0.0625. The Kier molecular flexibility index (Phi) is 6.02. The Balaban J connectivity index is 1.80. The van der Waals surface area contributed by atoms with Gasteiger partial charge in [-0.25, -0.2) is 4.39 Å². The van der Waals surface area contributed by atoms with Gasteiger partial charge < -0.3 is 5.32 Å². The maximum atomic E-state index is 13.0. The van der Waals surface area contributed by atoms with Crippen molar-refractivity contribution in [2.45, 2.75) is 0 Å². The largest absolute Gasteiger partial charge is 0.343 e. The highest BCUT2D eigenvalue weighted by Crippen LogP contribution is 2.15.